The van der Waals surface area contributed by atoms with Crippen molar-refractivity contribution in [2.24, 2.45) is 0 Å². The van der Waals surface area contributed by atoms with Crippen molar-refractivity contribution < 1.29 is 13.2 Å². The van der Waals surface area contributed by atoms with Gasteiger partial charge in [0.1, 0.15) is 0 Å². The van der Waals surface area contributed by atoms with E-state index in [1.807, 2.05) is 69.3 Å². The Morgan fingerprint density at radius 3 is 2.44 bits per heavy atom. The minimum absolute atomic E-state index is 0.0170. The predicted molar refractivity (Wildman–Crippen MR) is 127 cm³/mol. The van der Waals surface area contributed by atoms with Crippen LogP contribution in [0, 0.1) is 13.8 Å². The molecule has 0 aliphatic carbocycles. The van der Waals surface area contributed by atoms with Gasteiger partial charge in [-0.05, 0) is 63.8 Å². The lowest BCUT2D eigenvalue weighted by atomic mass is 9.99. The lowest BCUT2D eigenvalue weighted by molar-refractivity contribution is 0.0980. The number of hydrogen-bond donors (Lipinski definition) is 1. The summed E-state index contributed by atoms with van der Waals surface area (Å²) in [6.45, 7) is 7.72. The van der Waals surface area contributed by atoms with Crippen molar-refractivity contribution in [3.63, 3.8) is 0 Å². The molecular formula is C25H29N3O3S. The zero-order valence-electron chi connectivity index (χ0n) is 18.9. The molecular weight excluding hydrogens is 422 g/mol. The Morgan fingerprint density at radius 1 is 1.06 bits per heavy atom. The highest BCUT2D eigenvalue weighted by Gasteiger charge is 2.34. The SMILES string of the molecule is Cc1cc(C(=O)NS(=O)(=O)N2c3ccccc3CCC2C)c(C)n1C(C)c1ccccc1. The van der Waals surface area contributed by atoms with Gasteiger partial charge < -0.3 is 4.57 Å². The van der Waals surface area contributed by atoms with Crippen LogP contribution in [-0.4, -0.2) is 24.9 Å². The summed E-state index contributed by atoms with van der Waals surface area (Å²) < 4.78 is 32.3. The van der Waals surface area contributed by atoms with Crippen molar-refractivity contribution >= 4 is 21.8 Å². The van der Waals surface area contributed by atoms with E-state index in [9.17, 15) is 13.2 Å². The number of fused-ring (bicyclic) bond motifs is 1. The number of nitrogens with one attached hydrogen (secondary N) is 1. The number of carbonyl (C=O) groups excluding carboxylic acids is 1. The summed E-state index contributed by atoms with van der Waals surface area (Å²) in [6, 6.07) is 19.0. The van der Waals surface area contributed by atoms with Crippen LogP contribution < -0.4 is 9.03 Å². The molecule has 32 heavy (non-hydrogen) atoms. The van der Waals surface area contributed by atoms with E-state index in [1.54, 1.807) is 12.1 Å². The fourth-order valence-electron chi connectivity index (χ4n) is 4.73. The molecule has 0 radical (unpaired) electrons. The highest BCUT2D eigenvalue weighted by Crippen LogP contribution is 2.32. The summed E-state index contributed by atoms with van der Waals surface area (Å²) in [5, 5.41) is 0. The molecule has 2 unspecified atom stereocenters. The Balaban J connectivity index is 1.64. The van der Waals surface area contributed by atoms with Crippen molar-refractivity contribution in [3.8, 4) is 0 Å². The van der Waals surface area contributed by atoms with Crippen LogP contribution in [0.15, 0.2) is 60.7 Å². The highest BCUT2D eigenvalue weighted by molar-refractivity contribution is 7.91. The molecule has 1 aromatic heterocycles. The average Bonchev–Trinajstić information content (AvgIpc) is 3.07. The van der Waals surface area contributed by atoms with E-state index in [2.05, 4.69) is 16.2 Å². The number of aromatic nitrogens is 1. The van der Waals surface area contributed by atoms with Gasteiger partial charge >= 0.3 is 10.2 Å². The standard InChI is InChI=1S/C25H29N3O3S/c1-17-14-15-22-12-8-9-13-24(22)28(17)32(30,31)26-25(29)23-16-18(2)27(20(23)4)19(3)21-10-6-5-7-11-21/h5-13,16-17,19H,14-15H2,1-4H3,(H,26,29). The number of benzene rings is 2. The molecule has 0 saturated carbocycles. The number of aryl methyl sites for hydroxylation is 2. The van der Waals surface area contributed by atoms with Gasteiger partial charge in [-0.3, -0.25) is 9.10 Å². The third-order valence-electron chi connectivity index (χ3n) is 6.34. The lowest BCUT2D eigenvalue weighted by Gasteiger charge is -2.35. The van der Waals surface area contributed by atoms with Gasteiger partial charge in [-0.1, -0.05) is 48.5 Å². The summed E-state index contributed by atoms with van der Waals surface area (Å²) in [6.07, 6.45) is 1.52. The smallest absolute Gasteiger partial charge is 0.326 e. The first-order valence-corrected chi connectivity index (χ1v) is 12.3. The van der Waals surface area contributed by atoms with E-state index < -0.39 is 16.1 Å². The van der Waals surface area contributed by atoms with Crippen LogP contribution in [0.25, 0.3) is 0 Å². The second-order valence-electron chi connectivity index (χ2n) is 8.49. The molecule has 2 atom stereocenters. The van der Waals surface area contributed by atoms with E-state index in [-0.39, 0.29) is 12.1 Å². The third-order valence-corrected chi connectivity index (χ3v) is 7.86. The molecule has 6 nitrogen and oxygen atoms in total. The highest BCUT2D eigenvalue weighted by atomic mass is 32.2. The summed E-state index contributed by atoms with van der Waals surface area (Å²) in [5.74, 6) is -0.611. The van der Waals surface area contributed by atoms with Gasteiger partial charge in [0.2, 0.25) is 0 Å². The van der Waals surface area contributed by atoms with Crippen molar-refractivity contribution in [1.82, 2.24) is 9.29 Å². The minimum atomic E-state index is -4.06. The van der Waals surface area contributed by atoms with E-state index in [0.29, 0.717) is 17.7 Å². The van der Waals surface area contributed by atoms with Gasteiger partial charge in [-0.2, -0.15) is 8.42 Å². The lowest BCUT2D eigenvalue weighted by Crippen LogP contribution is -2.49. The molecule has 2 heterocycles. The van der Waals surface area contributed by atoms with Gasteiger partial charge in [0.25, 0.3) is 5.91 Å². The summed E-state index contributed by atoms with van der Waals surface area (Å²) in [5.41, 5.74) is 4.73. The zero-order chi connectivity index (χ0) is 23.0. The van der Waals surface area contributed by atoms with Gasteiger partial charge in [0, 0.05) is 17.4 Å². The van der Waals surface area contributed by atoms with Crippen LogP contribution in [0.4, 0.5) is 5.69 Å². The fourth-order valence-corrected chi connectivity index (χ4v) is 6.19. The maximum Gasteiger partial charge on any atom is 0.326 e. The quantitative estimate of drug-likeness (QED) is 0.620. The second kappa shape index (κ2) is 8.47. The van der Waals surface area contributed by atoms with Crippen LogP contribution in [0.3, 0.4) is 0 Å². The molecule has 0 spiro atoms. The molecule has 3 aromatic rings. The van der Waals surface area contributed by atoms with E-state index in [0.717, 1.165) is 28.9 Å². The van der Waals surface area contributed by atoms with Gasteiger partial charge in [0.15, 0.2) is 0 Å². The fraction of sp³-hybridized carbons (Fsp3) is 0.320. The van der Waals surface area contributed by atoms with Crippen LogP contribution in [0.2, 0.25) is 0 Å². The average molecular weight is 452 g/mol. The minimum Gasteiger partial charge on any atom is -0.341 e. The molecule has 1 aliphatic heterocycles. The molecule has 1 aliphatic rings. The second-order valence-corrected chi connectivity index (χ2v) is 10.0. The Kier molecular flexibility index (Phi) is 5.86. The normalized spacial score (nSPS) is 17.0. The van der Waals surface area contributed by atoms with Crippen LogP contribution in [0.1, 0.15) is 59.2 Å². The number of hydrogen-bond acceptors (Lipinski definition) is 3. The molecule has 1 N–H and O–H groups in total. The molecule has 2 aromatic carbocycles. The number of nitrogens with zero attached hydrogens (tertiary/aromatic N) is 2. The summed E-state index contributed by atoms with van der Waals surface area (Å²) in [7, 11) is -4.06. The van der Waals surface area contributed by atoms with Crippen molar-refractivity contribution in [1.29, 1.82) is 0 Å². The number of rotatable bonds is 5. The maximum absolute atomic E-state index is 13.3. The largest absolute Gasteiger partial charge is 0.341 e. The number of amides is 1. The Bertz CT molecular complexity index is 1250. The summed E-state index contributed by atoms with van der Waals surface area (Å²) in [4.78, 5) is 13.1. The number of para-hydroxylation sites is 1. The van der Waals surface area contributed by atoms with Gasteiger partial charge in [-0.15, -0.1) is 0 Å². The molecule has 4 rings (SSSR count). The van der Waals surface area contributed by atoms with Gasteiger partial charge in [-0.25, -0.2) is 4.72 Å². The van der Waals surface area contributed by atoms with E-state index in [1.165, 1.54) is 4.31 Å². The van der Waals surface area contributed by atoms with Crippen molar-refractivity contribution in [3.05, 3.63) is 88.7 Å². The van der Waals surface area contributed by atoms with Crippen molar-refractivity contribution in [2.45, 2.75) is 52.6 Å². The Morgan fingerprint density at radius 2 is 1.72 bits per heavy atom. The molecule has 0 saturated heterocycles. The maximum atomic E-state index is 13.3. The molecule has 168 valence electrons. The molecule has 0 bridgehead atoms. The topological polar surface area (TPSA) is 71.4 Å². The molecule has 1 amide bonds. The Labute approximate surface area is 190 Å². The third kappa shape index (κ3) is 3.93. The molecule has 7 heteroatoms. The van der Waals surface area contributed by atoms with E-state index in [4.69, 9.17) is 0 Å². The Hall–Kier alpha value is -3.06. The van der Waals surface area contributed by atoms with Crippen molar-refractivity contribution in [2.75, 3.05) is 4.31 Å². The van der Waals surface area contributed by atoms with Crippen LogP contribution >= 0.6 is 0 Å². The first-order valence-electron chi connectivity index (χ1n) is 10.9. The van der Waals surface area contributed by atoms with Crippen LogP contribution in [0.5, 0.6) is 0 Å². The number of carbonyl (C=O) groups is 1. The van der Waals surface area contributed by atoms with E-state index >= 15 is 0 Å². The zero-order valence-corrected chi connectivity index (χ0v) is 19.7. The predicted octanol–water partition coefficient (Wildman–Crippen LogP) is 4.53. The van der Waals surface area contributed by atoms with Crippen LogP contribution in [-0.2, 0) is 16.6 Å². The van der Waals surface area contributed by atoms with Gasteiger partial charge in [0.05, 0.1) is 17.3 Å². The molecule has 0 fully saturated rings. The first kappa shape index (κ1) is 22.1. The monoisotopic (exact) mass is 451 g/mol. The summed E-state index contributed by atoms with van der Waals surface area (Å²) >= 11 is 0. The first-order chi connectivity index (χ1) is 15.2. The number of anilines is 1.